The Kier molecular flexibility index (Phi) is 3.40. The zero-order chi connectivity index (χ0) is 11.6. The predicted molar refractivity (Wildman–Crippen MR) is 61.9 cm³/mol. The van der Waals surface area contributed by atoms with Gasteiger partial charge in [0, 0.05) is 5.56 Å². The fourth-order valence-electron chi connectivity index (χ4n) is 1.66. The van der Waals surface area contributed by atoms with Crippen molar-refractivity contribution in [1.29, 1.82) is 0 Å². The molecule has 0 aliphatic rings. The number of aliphatic hydroxyl groups is 1. The zero-order valence-corrected chi connectivity index (χ0v) is 9.91. The van der Waals surface area contributed by atoms with Crippen molar-refractivity contribution in [3.63, 3.8) is 0 Å². The van der Waals surface area contributed by atoms with E-state index < -0.39 is 6.10 Å². The normalized spacial score (nSPS) is 13.9. The summed E-state index contributed by atoms with van der Waals surface area (Å²) in [5.74, 6) is 0.169. The number of aliphatic hydroxyl groups excluding tert-OH is 1. The number of hydrogen-bond acceptors (Lipinski definition) is 2. The van der Waals surface area contributed by atoms with Gasteiger partial charge in [0.15, 0.2) is 0 Å². The van der Waals surface area contributed by atoms with E-state index in [9.17, 15) is 10.2 Å². The molecule has 0 fully saturated rings. The molecule has 0 radical (unpaired) electrons. The van der Waals surface area contributed by atoms with Gasteiger partial charge in [-0.25, -0.2) is 0 Å². The molecule has 0 saturated carbocycles. The third-order valence-corrected chi connectivity index (χ3v) is 2.28. The first-order valence-corrected chi connectivity index (χ1v) is 5.29. The molecule has 0 saturated heterocycles. The van der Waals surface area contributed by atoms with Gasteiger partial charge in [-0.15, -0.1) is 0 Å². The minimum atomic E-state index is -0.620. The average molecular weight is 208 g/mol. The number of rotatable bonds is 2. The minimum absolute atomic E-state index is 0.169. The van der Waals surface area contributed by atoms with Crippen LogP contribution in [0.15, 0.2) is 18.2 Å². The maximum Gasteiger partial charge on any atom is 0.121 e. The summed E-state index contributed by atoms with van der Waals surface area (Å²) < 4.78 is 0. The number of phenolic OH excluding ortho intramolecular Hbond substituents is 1. The van der Waals surface area contributed by atoms with E-state index in [0.29, 0.717) is 5.56 Å². The second-order valence-electron chi connectivity index (χ2n) is 5.31. The van der Waals surface area contributed by atoms with Crippen LogP contribution < -0.4 is 0 Å². The molecule has 15 heavy (non-hydrogen) atoms. The Labute approximate surface area is 91.6 Å². The third kappa shape index (κ3) is 3.56. The molecule has 0 bridgehead atoms. The van der Waals surface area contributed by atoms with E-state index in [4.69, 9.17) is 0 Å². The van der Waals surface area contributed by atoms with Crippen molar-refractivity contribution in [3.8, 4) is 5.75 Å². The van der Waals surface area contributed by atoms with Crippen LogP contribution in [0.2, 0.25) is 0 Å². The molecule has 2 N–H and O–H groups in total. The summed E-state index contributed by atoms with van der Waals surface area (Å²) >= 11 is 0. The molecule has 0 spiro atoms. The van der Waals surface area contributed by atoms with Gasteiger partial charge in [0.25, 0.3) is 0 Å². The van der Waals surface area contributed by atoms with E-state index in [-0.39, 0.29) is 11.2 Å². The van der Waals surface area contributed by atoms with E-state index in [1.54, 1.807) is 13.0 Å². The van der Waals surface area contributed by atoms with Crippen LogP contribution in [0.5, 0.6) is 5.75 Å². The maximum absolute atomic E-state index is 9.54. The molecule has 0 aliphatic carbocycles. The van der Waals surface area contributed by atoms with Gasteiger partial charge in [-0.1, -0.05) is 26.8 Å². The lowest BCUT2D eigenvalue weighted by Crippen LogP contribution is -2.09. The molecule has 1 unspecified atom stereocenters. The second kappa shape index (κ2) is 4.23. The van der Waals surface area contributed by atoms with Crippen molar-refractivity contribution in [1.82, 2.24) is 0 Å². The summed E-state index contributed by atoms with van der Waals surface area (Å²) in [4.78, 5) is 0. The lowest BCUT2D eigenvalue weighted by Gasteiger charge is -2.19. The van der Waals surface area contributed by atoms with Crippen molar-refractivity contribution in [2.45, 2.75) is 40.2 Å². The van der Waals surface area contributed by atoms with Gasteiger partial charge in [-0.3, -0.25) is 0 Å². The van der Waals surface area contributed by atoms with Crippen LogP contribution in [-0.2, 0) is 6.42 Å². The van der Waals surface area contributed by atoms with Crippen molar-refractivity contribution in [3.05, 3.63) is 29.3 Å². The summed E-state index contributed by atoms with van der Waals surface area (Å²) in [5, 5.41) is 19.0. The molecular weight excluding hydrogens is 188 g/mol. The Balaban J connectivity index is 2.98. The van der Waals surface area contributed by atoms with Crippen molar-refractivity contribution < 1.29 is 10.2 Å². The Morgan fingerprint density at radius 3 is 2.33 bits per heavy atom. The van der Waals surface area contributed by atoms with Crippen LogP contribution in [0.3, 0.4) is 0 Å². The lowest BCUT2D eigenvalue weighted by molar-refractivity contribution is 0.194. The molecule has 84 valence electrons. The van der Waals surface area contributed by atoms with Crippen LogP contribution >= 0.6 is 0 Å². The highest BCUT2D eigenvalue weighted by molar-refractivity contribution is 5.37. The Morgan fingerprint density at radius 1 is 1.27 bits per heavy atom. The summed E-state index contributed by atoms with van der Waals surface area (Å²) in [6, 6.07) is 5.45. The second-order valence-corrected chi connectivity index (χ2v) is 5.31. The number of hydrogen-bond donors (Lipinski definition) is 2. The fourth-order valence-corrected chi connectivity index (χ4v) is 1.66. The van der Waals surface area contributed by atoms with Crippen LogP contribution in [-0.4, -0.2) is 10.2 Å². The van der Waals surface area contributed by atoms with Crippen molar-refractivity contribution in [2.24, 2.45) is 5.41 Å². The monoisotopic (exact) mass is 208 g/mol. The molecular formula is C13H20O2. The van der Waals surface area contributed by atoms with Gasteiger partial charge in [-0.2, -0.15) is 0 Å². The van der Waals surface area contributed by atoms with Gasteiger partial charge >= 0.3 is 0 Å². The zero-order valence-electron chi connectivity index (χ0n) is 9.91. The van der Waals surface area contributed by atoms with Gasteiger partial charge in [0.05, 0.1) is 6.10 Å². The first-order chi connectivity index (χ1) is 6.79. The molecule has 0 aromatic heterocycles. The summed E-state index contributed by atoms with van der Waals surface area (Å²) in [6.45, 7) is 8.17. The molecule has 0 heterocycles. The maximum atomic E-state index is 9.54. The predicted octanol–water partition coefficient (Wildman–Crippen LogP) is 3.03. The largest absolute Gasteiger partial charge is 0.508 e. The van der Waals surface area contributed by atoms with E-state index in [1.807, 2.05) is 12.1 Å². The fraction of sp³-hybridized carbons (Fsp3) is 0.538. The quantitative estimate of drug-likeness (QED) is 0.784. The first-order valence-electron chi connectivity index (χ1n) is 5.29. The average Bonchev–Trinajstić information content (AvgIpc) is 2.05. The molecule has 1 atom stereocenters. The van der Waals surface area contributed by atoms with Gasteiger partial charge < -0.3 is 10.2 Å². The van der Waals surface area contributed by atoms with Gasteiger partial charge in [-0.05, 0) is 36.5 Å². The van der Waals surface area contributed by atoms with Crippen LogP contribution in [0.25, 0.3) is 0 Å². The highest BCUT2D eigenvalue weighted by Crippen LogP contribution is 2.28. The van der Waals surface area contributed by atoms with Crippen LogP contribution in [0, 0.1) is 5.41 Å². The number of aromatic hydroxyl groups is 1. The van der Waals surface area contributed by atoms with Gasteiger partial charge in [0.1, 0.15) is 5.75 Å². The van der Waals surface area contributed by atoms with Crippen molar-refractivity contribution in [2.75, 3.05) is 0 Å². The Bertz CT molecular complexity index is 335. The molecule has 0 amide bonds. The van der Waals surface area contributed by atoms with Crippen LogP contribution in [0.4, 0.5) is 0 Å². The van der Waals surface area contributed by atoms with E-state index in [1.165, 1.54) is 0 Å². The summed E-state index contributed by atoms with van der Waals surface area (Å²) in [5.41, 5.74) is 1.97. The van der Waals surface area contributed by atoms with Gasteiger partial charge in [0.2, 0.25) is 0 Å². The SMILES string of the molecule is CC(O)c1cc(CC(C)(C)C)ccc1O. The highest BCUT2D eigenvalue weighted by Gasteiger charge is 2.14. The summed E-state index contributed by atoms with van der Waals surface area (Å²) in [7, 11) is 0. The molecule has 2 heteroatoms. The van der Waals surface area contributed by atoms with Crippen molar-refractivity contribution >= 4 is 0 Å². The smallest absolute Gasteiger partial charge is 0.121 e. The number of benzene rings is 1. The topological polar surface area (TPSA) is 40.5 Å². The summed E-state index contributed by atoms with van der Waals surface area (Å²) in [6.07, 6.45) is 0.317. The van der Waals surface area contributed by atoms with E-state index >= 15 is 0 Å². The molecule has 1 aromatic carbocycles. The molecule has 1 aromatic rings. The number of phenols is 1. The highest BCUT2D eigenvalue weighted by atomic mass is 16.3. The standard InChI is InChI=1S/C13H20O2/c1-9(14)11-7-10(5-6-12(11)15)8-13(2,3)4/h5-7,9,14-15H,8H2,1-4H3. The van der Waals surface area contributed by atoms with E-state index in [0.717, 1.165) is 12.0 Å². The Morgan fingerprint density at radius 2 is 1.87 bits per heavy atom. The lowest BCUT2D eigenvalue weighted by atomic mass is 9.87. The van der Waals surface area contributed by atoms with E-state index in [2.05, 4.69) is 20.8 Å². The third-order valence-electron chi connectivity index (χ3n) is 2.28. The molecule has 1 rings (SSSR count). The van der Waals surface area contributed by atoms with Crippen LogP contribution in [0.1, 0.15) is 44.9 Å². The first kappa shape index (κ1) is 12.1. The molecule has 2 nitrogen and oxygen atoms in total. The molecule has 0 aliphatic heterocycles. The minimum Gasteiger partial charge on any atom is -0.508 e. The Hall–Kier alpha value is -1.02.